The Balaban J connectivity index is 1.54. The highest BCUT2D eigenvalue weighted by Crippen LogP contribution is 2.21. The molecule has 1 amide bonds. The summed E-state index contributed by atoms with van der Waals surface area (Å²) in [6, 6.07) is 7.71. The lowest BCUT2D eigenvalue weighted by molar-refractivity contribution is 0.0951. The molecule has 2 heterocycles. The van der Waals surface area contributed by atoms with E-state index in [4.69, 9.17) is 10.5 Å². The smallest absolute Gasteiger partial charge is 0.253 e. The number of ether oxygens (including phenoxy) is 1. The molecule has 0 radical (unpaired) electrons. The summed E-state index contributed by atoms with van der Waals surface area (Å²) in [5.41, 5.74) is 7.23. The van der Waals surface area contributed by atoms with Gasteiger partial charge in [-0.05, 0) is 18.6 Å². The number of amides is 1. The summed E-state index contributed by atoms with van der Waals surface area (Å²) in [7, 11) is 0. The average molecular weight is 347 g/mol. The van der Waals surface area contributed by atoms with Gasteiger partial charge in [0.05, 0.1) is 18.8 Å². The van der Waals surface area contributed by atoms with Crippen molar-refractivity contribution in [1.29, 1.82) is 0 Å². The molecule has 1 aliphatic rings. The molecule has 1 fully saturated rings. The largest absolute Gasteiger partial charge is 0.378 e. The highest BCUT2D eigenvalue weighted by Gasteiger charge is 2.18. The number of hydrogen-bond donors (Lipinski definition) is 2. The molecule has 3 N–H and O–H groups in total. The second-order valence-electron chi connectivity index (χ2n) is 5.51. The summed E-state index contributed by atoms with van der Waals surface area (Å²) >= 11 is 1.39. The van der Waals surface area contributed by atoms with Gasteiger partial charge in [0.1, 0.15) is 5.01 Å². The molecule has 8 heteroatoms. The molecule has 0 atom stereocenters. The number of hydrogen-bond acceptors (Lipinski definition) is 7. The molecule has 24 heavy (non-hydrogen) atoms. The number of carbonyl (C=O) groups is 1. The van der Waals surface area contributed by atoms with Gasteiger partial charge >= 0.3 is 0 Å². The Morgan fingerprint density at radius 2 is 2.08 bits per heavy atom. The molecule has 2 aromatic rings. The van der Waals surface area contributed by atoms with Crippen LogP contribution in [-0.2, 0) is 11.2 Å². The Bertz CT molecular complexity index is 685. The number of carbonyl (C=O) groups excluding carboxylic acids is 1. The fourth-order valence-electron chi connectivity index (χ4n) is 2.65. The fraction of sp³-hybridized carbons (Fsp3) is 0.438. The van der Waals surface area contributed by atoms with Crippen molar-refractivity contribution in [2.45, 2.75) is 12.8 Å². The van der Waals surface area contributed by atoms with E-state index in [2.05, 4.69) is 20.4 Å². The number of anilines is 2. The van der Waals surface area contributed by atoms with E-state index in [9.17, 15) is 4.79 Å². The second kappa shape index (κ2) is 8.07. The summed E-state index contributed by atoms with van der Waals surface area (Å²) in [6.07, 6.45) is 1.57. The molecule has 7 nitrogen and oxygen atoms in total. The van der Waals surface area contributed by atoms with Gasteiger partial charge in [0.15, 0.2) is 0 Å². The molecule has 1 aromatic heterocycles. The predicted octanol–water partition coefficient (Wildman–Crippen LogP) is 1.32. The third kappa shape index (κ3) is 4.21. The van der Waals surface area contributed by atoms with Gasteiger partial charge in [0.2, 0.25) is 5.13 Å². The first-order valence-electron chi connectivity index (χ1n) is 8.02. The minimum atomic E-state index is -0.0473. The molecule has 0 spiro atoms. The van der Waals surface area contributed by atoms with Crippen molar-refractivity contribution in [3.63, 3.8) is 0 Å². The maximum Gasteiger partial charge on any atom is 0.253 e. The van der Waals surface area contributed by atoms with Gasteiger partial charge in [-0.3, -0.25) is 4.79 Å². The first kappa shape index (κ1) is 16.7. The predicted molar refractivity (Wildman–Crippen MR) is 94.4 cm³/mol. The zero-order valence-electron chi connectivity index (χ0n) is 13.4. The molecule has 1 aromatic carbocycles. The van der Waals surface area contributed by atoms with Gasteiger partial charge in [-0.2, -0.15) is 0 Å². The number of nitrogens with zero attached hydrogens (tertiary/aromatic N) is 3. The number of aryl methyl sites for hydroxylation is 1. The van der Waals surface area contributed by atoms with Crippen LogP contribution in [0.25, 0.3) is 0 Å². The number of morpholine rings is 1. The van der Waals surface area contributed by atoms with Crippen molar-refractivity contribution in [1.82, 2.24) is 15.5 Å². The average Bonchev–Trinajstić information content (AvgIpc) is 3.04. The number of nitrogens with one attached hydrogen (secondary N) is 1. The number of rotatable bonds is 6. The van der Waals surface area contributed by atoms with Crippen LogP contribution in [0.1, 0.15) is 21.8 Å². The third-order valence-corrected chi connectivity index (χ3v) is 4.65. The van der Waals surface area contributed by atoms with E-state index in [1.54, 1.807) is 0 Å². The topological polar surface area (TPSA) is 93.4 Å². The van der Waals surface area contributed by atoms with Gasteiger partial charge in [-0.1, -0.05) is 23.5 Å². The summed E-state index contributed by atoms with van der Waals surface area (Å²) in [4.78, 5) is 14.7. The highest BCUT2D eigenvalue weighted by atomic mass is 32.1. The molecule has 3 rings (SSSR count). The maximum atomic E-state index is 12.5. The van der Waals surface area contributed by atoms with Gasteiger partial charge in [-0.15, -0.1) is 10.2 Å². The van der Waals surface area contributed by atoms with E-state index in [1.165, 1.54) is 11.3 Å². The number of benzene rings is 1. The van der Waals surface area contributed by atoms with Crippen LogP contribution in [0.2, 0.25) is 0 Å². The SMILES string of the molecule is Nc1nnc(CCCNC(=O)c2ccccc2N2CCOCC2)s1. The van der Waals surface area contributed by atoms with Crippen molar-refractivity contribution < 1.29 is 9.53 Å². The first-order valence-corrected chi connectivity index (χ1v) is 8.83. The minimum absolute atomic E-state index is 0.0473. The van der Waals surface area contributed by atoms with Crippen LogP contribution in [-0.4, -0.2) is 49.0 Å². The Kier molecular flexibility index (Phi) is 5.60. The summed E-state index contributed by atoms with van der Waals surface area (Å²) < 4.78 is 5.38. The zero-order chi connectivity index (χ0) is 16.8. The quantitative estimate of drug-likeness (QED) is 0.766. The number of para-hydroxylation sites is 1. The van der Waals surface area contributed by atoms with Crippen molar-refractivity contribution in [2.75, 3.05) is 43.5 Å². The summed E-state index contributed by atoms with van der Waals surface area (Å²) in [5.74, 6) is -0.0473. The molecule has 0 bridgehead atoms. The molecule has 0 saturated carbocycles. The molecular formula is C16H21N5O2S. The minimum Gasteiger partial charge on any atom is -0.378 e. The van der Waals surface area contributed by atoms with Crippen LogP contribution in [0, 0.1) is 0 Å². The van der Waals surface area contributed by atoms with Crippen LogP contribution in [0.15, 0.2) is 24.3 Å². The van der Waals surface area contributed by atoms with E-state index < -0.39 is 0 Å². The van der Waals surface area contributed by atoms with Crippen LogP contribution in [0.4, 0.5) is 10.8 Å². The van der Waals surface area contributed by atoms with Crippen molar-refractivity contribution in [2.24, 2.45) is 0 Å². The normalized spacial score (nSPS) is 14.6. The fourth-order valence-corrected chi connectivity index (χ4v) is 3.30. The van der Waals surface area contributed by atoms with Gasteiger partial charge in [0, 0.05) is 31.7 Å². The van der Waals surface area contributed by atoms with E-state index in [0.717, 1.165) is 36.6 Å². The van der Waals surface area contributed by atoms with E-state index in [-0.39, 0.29) is 5.91 Å². The Labute approximate surface area is 144 Å². The maximum absolute atomic E-state index is 12.5. The lowest BCUT2D eigenvalue weighted by Gasteiger charge is -2.30. The second-order valence-corrected chi connectivity index (χ2v) is 6.60. The molecule has 1 saturated heterocycles. The van der Waals surface area contributed by atoms with E-state index >= 15 is 0 Å². The van der Waals surface area contributed by atoms with Gasteiger partial charge in [-0.25, -0.2) is 0 Å². The van der Waals surface area contributed by atoms with E-state index in [1.807, 2.05) is 24.3 Å². The Morgan fingerprint density at radius 3 is 2.83 bits per heavy atom. The van der Waals surface area contributed by atoms with Crippen molar-refractivity contribution in [3.05, 3.63) is 34.8 Å². The van der Waals surface area contributed by atoms with Crippen LogP contribution < -0.4 is 16.0 Å². The van der Waals surface area contributed by atoms with Gasteiger partial charge in [0.25, 0.3) is 5.91 Å². The molecule has 0 aliphatic carbocycles. The van der Waals surface area contributed by atoms with Crippen LogP contribution >= 0.6 is 11.3 Å². The standard InChI is InChI=1S/C16H21N5O2S/c17-16-20-19-14(24-16)6-3-7-18-15(22)12-4-1-2-5-13(12)21-8-10-23-11-9-21/h1-2,4-5H,3,6-11H2,(H2,17,20)(H,18,22). The number of nitrogens with two attached hydrogens (primary N) is 1. The number of nitrogen functional groups attached to an aromatic ring is 1. The highest BCUT2D eigenvalue weighted by molar-refractivity contribution is 7.15. The van der Waals surface area contributed by atoms with Crippen molar-refractivity contribution in [3.8, 4) is 0 Å². The molecule has 0 unspecified atom stereocenters. The summed E-state index contributed by atoms with van der Waals surface area (Å²) in [5, 5.41) is 12.1. The third-order valence-electron chi connectivity index (χ3n) is 3.84. The Morgan fingerprint density at radius 1 is 1.29 bits per heavy atom. The van der Waals surface area contributed by atoms with E-state index in [0.29, 0.717) is 30.5 Å². The summed E-state index contributed by atoms with van der Waals surface area (Å²) in [6.45, 7) is 3.60. The van der Waals surface area contributed by atoms with Crippen LogP contribution in [0.3, 0.4) is 0 Å². The first-order chi connectivity index (χ1) is 11.7. The van der Waals surface area contributed by atoms with Crippen molar-refractivity contribution >= 4 is 28.1 Å². The number of aromatic nitrogens is 2. The zero-order valence-corrected chi connectivity index (χ0v) is 14.2. The lowest BCUT2D eigenvalue weighted by atomic mass is 10.1. The monoisotopic (exact) mass is 347 g/mol. The molecule has 128 valence electrons. The Hall–Kier alpha value is -2.19. The molecule has 1 aliphatic heterocycles. The lowest BCUT2D eigenvalue weighted by Crippen LogP contribution is -2.38. The molecular weight excluding hydrogens is 326 g/mol. The van der Waals surface area contributed by atoms with Crippen LogP contribution in [0.5, 0.6) is 0 Å². The van der Waals surface area contributed by atoms with Gasteiger partial charge < -0.3 is 20.7 Å².